The van der Waals surface area contributed by atoms with Crippen molar-refractivity contribution in [3.05, 3.63) is 89.4 Å². The Morgan fingerprint density at radius 2 is 1.64 bits per heavy atom. The van der Waals surface area contributed by atoms with Crippen LogP contribution in [0.2, 0.25) is 0 Å². The topological polar surface area (TPSA) is 68.5 Å². The summed E-state index contributed by atoms with van der Waals surface area (Å²) in [6.07, 6.45) is 1.44. The number of hydrogen-bond donors (Lipinski definition) is 1. The van der Waals surface area contributed by atoms with Gasteiger partial charge in [-0.25, -0.2) is 4.79 Å². The van der Waals surface area contributed by atoms with Crippen molar-refractivity contribution in [3.63, 3.8) is 0 Å². The van der Waals surface area contributed by atoms with Crippen molar-refractivity contribution in [3.8, 4) is 0 Å². The summed E-state index contributed by atoms with van der Waals surface area (Å²) in [7, 11) is 0. The van der Waals surface area contributed by atoms with Crippen molar-refractivity contribution in [2.24, 2.45) is 0 Å². The van der Waals surface area contributed by atoms with E-state index < -0.39 is 5.97 Å². The Hall–Kier alpha value is -3.34. The van der Waals surface area contributed by atoms with Crippen LogP contribution >= 0.6 is 0 Å². The van der Waals surface area contributed by atoms with Gasteiger partial charge < -0.3 is 14.5 Å². The zero-order valence-electron chi connectivity index (χ0n) is 16.2. The number of carbonyl (C=O) groups is 2. The first kappa shape index (κ1) is 19.4. The van der Waals surface area contributed by atoms with Crippen LogP contribution in [0, 0.1) is 0 Å². The summed E-state index contributed by atoms with van der Waals surface area (Å²) >= 11 is 0. The predicted molar refractivity (Wildman–Crippen MR) is 107 cm³/mol. The van der Waals surface area contributed by atoms with Crippen LogP contribution < -0.4 is 5.32 Å². The average Bonchev–Trinajstić information content (AvgIpc) is 3.21. The van der Waals surface area contributed by atoms with Gasteiger partial charge in [0.25, 0.3) is 5.91 Å². The lowest BCUT2D eigenvalue weighted by atomic mass is 9.87. The molecule has 0 spiro atoms. The number of nitrogens with one attached hydrogen (secondary N) is 1. The molecule has 0 aliphatic carbocycles. The van der Waals surface area contributed by atoms with Crippen molar-refractivity contribution >= 4 is 17.6 Å². The highest BCUT2D eigenvalue weighted by atomic mass is 16.5. The van der Waals surface area contributed by atoms with Crippen molar-refractivity contribution < 1.29 is 18.7 Å². The molecule has 0 saturated heterocycles. The number of benzene rings is 2. The average molecular weight is 377 g/mol. The monoisotopic (exact) mass is 377 g/mol. The lowest BCUT2D eigenvalue weighted by molar-refractivity contribution is 0.0472. The van der Waals surface area contributed by atoms with Gasteiger partial charge >= 0.3 is 5.97 Å². The minimum Gasteiger partial charge on any atom is -0.459 e. The van der Waals surface area contributed by atoms with E-state index in [-0.39, 0.29) is 23.7 Å². The molecule has 0 aliphatic rings. The Labute approximate surface area is 164 Å². The Morgan fingerprint density at radius 1 is 0.964 bits per heavy atom. The van der Waals surface area contributed by atoms with E-state index in [0.29, 0.717) is 11.3 Å². The number of hydrogen-bond acceptors (Lipinski definition) is 4. The van der Waals surface area contributed by atoms with Crippen LogP contribution in [0.4, 0.5) is 5.69 Å². The maximum Gasteiger partial charge on any atom is 0.338 e. The van der Waals surface area contributed by atoms with Gasteiger partial charge in [-0.1, -0.05) is 45.0 Å². The Morgan fingerprint density at radius 3 is 2.21 bits per heavy atom. The Bertz CT molecular complexity index is 934. The maximum absolute atomic E-state index is 12.2. The number of anilines is 1. The Balaban J connectivity index is 1.55. The molecule has 144 valence electrons. The van der Waals surface area contributed by atoms with Crippen molar-refractivity contribution in [1.82, 2.24) is 0 Å². The van der Waals surface area contributed by atoms with E-state index in [9.17, 15) is 9.59 Å². The lowest BCUT2D eigenvalue weighted by Crippen LogP contribution is -2.11. The van der Waals surface area contributed by atoms with E-state index in [1.165, 1.54) is 11.8 Å². The second-order valence-electron chi connectivity index (χ2n) is 7.53. The fourth-order valence-electron chi connectivity index (χ4n) is 2.62. The highest BCUT2D eigenvalue weighted by Crippen LogP contribution is 2.22. The number of amides is 1. The summed E-state index contributed by atoms with van der Waals surface area (Å²) in [6, 6.07) is 17.8. The molecule has 2 aromatic carbocycles. The molecule has 1 heterocycles. The van der Waals surface area contributed by atoms with Crippen LogP contribution in [0.5, 0.6) is 0 Å². The van der Waals surface area contributed by atoms with Crippen LogP contribution in [0.1, 0.15) is 52.8 Å². The first-order valence-corrected chi connectivity index (χ1v) is 9.04. The van der Waals surface area contributed by atoms with Crippen LogP contribution in [0.3, 0.4) is 0 Å². The summed E-state index contributed by atoms with van der Waals surface area (Å²) < 4.78 is 10.4. The van der Waals surface area contributed by atoms with Crippen LogP contribution in [0.25, 0.3) is 0 Å². The number of ether oxygens (including phenoxy) is 1. The molecule has 5 heteroatoms. The molecule has 3 rings (SSSR count). The fraction of sp³-hybridized carbons (Fsp3) is 0.217. The quantitative estimate of drug-likeness (QED) is 0.622. The maximum atomic E-state index is 12.2. The van der Waals surface area contributed by atoms with Gasteiger partial charge in [0, 0.05) is 5.69 Å². The lowest BCUT2D eigenvalue weighted by Gasteiger charge is -2.19. The third-order valence-electron chi connectivity index (χ3n) is 4.31. The van der Waals surface area contributed by atoms with Gasteiger partial charge in [0.05, 0.1) is 11.8 Å². The standard InChI is InChI=1S/C23H23NO4/c1-23(2,3)18-10-6-16(7-11-18)15-28-22(26)17-8-12-19(13-9-17)24-21(25)20-5-4-14-27-20/h4-14H,15H2,1-3H3,(H,24,25). The highest BCUT2D eigenvalue weighted by Gasteiger charge is 2.14. The van der Waals surface area contributed by atoms with Gasteiger partial charge in [0.2, 0.25) is 0 Å². The summed E-state index contributed by atoms with van der Waals surface area (Å²) in [6.45, 7) is 6.68. The molecule has 0 radical (unpaired) electrons. The Kier molecular flexibility index (Phi) is 5.64. The van der Waals surface area contributed by atoms with Gasteiger partial charge in [-0.2, -0.15) is 0 Å². The summed E-state index contributed by atoms with van der Waals surface area (Å²) in [4.78, 5) is 24.2. The molecule has 1 N–H and O–H groups in total. The van der Waals surface area contributed by atoms with Crippen molar-refractivity contribution in [1.29, 1.82) is 0 Å². The van der Waals surface area contributed by atoms with Gasteiger partial charge in [-0.05, 0) is 52.9 Å². The summed E-state index contributed by atoms with van der Waals surface area (Å²) in [5.74, 6) is -0.538. The molecule has 0 bridgehead atoms. The van der Waals surface area contributed by atoms with Crippen molar-refractivity contribution in [2.45, 2.75) is 32.8 Å². The molecule has 5 nitrogen and oxygen atoms in total. The fourth-order valence-corrected chi connectivity index (χ4v) is 2.62. The third-order valence-corrected chi connectivity index (χ3v) is 4.31. The van der Waals surface area contributed by atoms with Gasteiger partial charge in [-0.15, -0.1) is 0 Å². The minimum atomic E-state index is -0.413. The van der Waals surface area contributed by atoms with Gasteiger partial charge in [0.1, 0.15) is 6.61 Å². The molecule has 1 aromatic heterocycles. The van der Waals surface area contributed by atoms with Crippen LogP contribution in [-0.4, -0.2) is 11.9 Å². The molecule has 1 amide bonds. The number of furan rings is 1. The molecule has 0 atom stereocenters. The van der Waals surface area contributed by atoms with Crippen LogP contribution in [-0.2, 0) is 16.8 Å². The van der Waals surface area contributed by atoms with E-state index in [4.69, 9.17) is 9.15 Å². The normalized spacial score (nSPS) is 11.1. The van der Waals surface area contributed by atoms with Crippen LogP contribution in [0.15, 0.2) is 71.3 Å². The van der Waals surface area contributed by atoms with E-state index >= 15 is 0 Å². The number of carbonyl (C=O) groups excluding carboxylic acids is 2. The zero-order valence-corrected chi connectivity index (χ0v) is 16.2. The third kappa shape index (κ3) is 4.88. The smallest absolute Gasteiger partial charge is 0.338 e. The van der Waals surface area contributed by atoms with E-state index in [0.717, 1.165) is 5.56 Å². The number of esters is 1. The molecule has 0 saturated carbocycles. The van der Waals surface area contributed by atoms with E-state index in [1.54, 1.807) is 36.4 Å². The van der Waals surface area contributed by atoms with E-state index in [1.807, 2.05) is 12.1 Å². The first-order valence-electron chi connectivity index (χ1n) is 9.04. The molecule has 0 aliphatic heterocycles. The van der Waals surface area contributed by atoms with Gasteiger partial charge in [-0.3, -0.25) is 4.79 Å². The minimum absolute atomic E-state index is 0.0866. The molecule has 0 unspecified atom stereocenters. The highest BCUT2D eigenvalue weighted by molar-refractivity contribution is 6.02. The second-order valence-corrected chi connectivity index (χ2v) is 7.53. The summed E-state index contributed by atoms with van der Waals surface area (Å²) in [5.41, 5.74) is 3.24. The molecular formula is C23H23NO4. The molecule has 28 heavy (non-hydrogen) atoms. The van der Waals surface area contributed by atoms with E-state index in [2.05, 4.69) is 38.2 Å². The zero-order chi connectivity index (χ0) is 20.1. The second kappa shape index (κ2) is 8.13. The largest absolute Gasteiger partial charge is 0.459 e. The molecule has 0 fully saturated rings. The first-order chi connectivity index (χ1) is 13.3. The van der Waals surface area contributed by atoms with Crippen molar-refractivity contribution in [2.75, 3.05) is 5.32 Å². The summed E-state index contributed by atoms with van der Waals surface area (Å²) in [5, 5.41) is 2.70. The molecule has 3 aromatic rings. The number of rotatable bonds is 5. The predicted octanol–water partition coefficient (Wildman–Crippen LogP) is 5.19. The SMILES string of the molecule is CC(C)(C)c1ccc(COC(=O)c2ccc(NC(=O)c3ccco3)cc2)cc1. The van der Waals surface area contributed by atoms with Gasteiger partial charge in [0.15, 0.2) is 5.76 Å². The molecular weight excluding hydrogens is 354 g/mol.